The summed E-state index contributed by atoms with van der Waals surface area (Å²) in [4.78, 5) is 7.25. The molecule has 0 saturated heterocycles. The molecular formula is CHFeN2NaO. The zero-order valence-electron chi connectivity index (χ0n) is 4.16. The maximum atomic E-state index is 7.25. The van der Waals surface area contributed by atoms with Crippen LogP contribution in [0.3, 0.4) is 0 Å². The molecule has 0 bridgehead atoms. The van der Waals surface area contributed by atoms with Gasteiger partial charge in [-0.3, -0.25) is 0 Å². The summed E-state index contributed by atoms with van der Waals surface area (Å²) in [5, 5.41) is 6.25. The van der Waals surface area contributed by atoms with Gasteiger partial charge in [-0.05, 0) is 0 Å². The van der Waals surface area contributed by atoms with E-state index in [1.54, 1.807) is 0 Å². The Bertz CT molecular complexity index is 28.9. The monoisotopic (exact) mass is 136 g/mol. The van der Waals surface area contributed by atoms with E-state index in [1.165, 1.54) is 0 Å². The fourth-order valence-corrected chi connectivity index (χ4v) is 0. The Morgan fingerprint density at radius 2 is 1.50 bits per heavy atom. The van der Waals surface area contributed by atoms with Gasteiger partial charge in [0.15, 0.2) is 0 Å². The summed E-state index contributed by atoms with van der Waals surface area (Å²) < 4.78 is 0. The summed E-state index contributed by atoms with van der Waals surface area (Å²) >= 11 is 0. The molecule has 0 aromatic carbocycles. The molecule has 0 atom stereocenters. The molecule has 0 aliphatic heterocycles. The summed E-state index contributed by atoms with van der Waals surface area (Å²) in [5.41, 5.74) is 5.75. The fraction of sp³-hybridized carbons (Fsp3) is 0. The Morgan fingerprint density at radius 3 is 1.50 bits per heavy atom. The molecular weight excluding hydrogens is 135 g/mol. The van der Waals surface area contributed by atoms with E-state index in [1.807, 2.05) is 0 Å². The predicted octanol–water partition coefficient (Wildman–Crippen LogP) is -2.47. The van der Waals surface area contributed by atoms with Crippen LogP contribution in [0.25, 0.3) is 5.59 Å². The van der Waals surface area contributed by atoms with Crippen LogP contribution in [0.15, 0.2) is 0 Å². The molecule has 0 saturated carbocycles. The van der Waals surface area contributed by atoms with Crippen molar-refractivity contribution in [2.24, 2.45) is 0 Å². The number of nitrogens with zero attached hydrogens (tertiary/aromatic N) is 2. The third-order valence-corrected chi connectivity index (χ3v) is 0. The van der Waals surface area contributed by atoms with Gasteiger partial charge in [0.1, 0.15) is 0 Å². The van der Waals surface area contributed by atoms with Crippen LogP contribution in [0.4, 0.5) is 0 Å². The van der Waals surface area contributed by atoms with E-state index in [9.17, 15) is 0 Å². The first-order valence-corrected chi connectivity index (χ1v) is 0.406. The summed E-state index contributed by atoms with van der Waals surface area (Å²) in [5.74, 6) is 0. The first kappa shape index (κ1) is 30.5. The van der Waals surface area contributed by atoms with Crippen LogP contribution in [-0.4, -0.2) is 0 Å². The summed E-state index contributed by atoms with van der Waals surface area (Å²) in [7, 11) is 0. The van der Waals surface area contributed by atoms with Crippen LogP contribution in [0, 0.1) is 16.7 Å². The normalized spacial score (nSPS) is 1.00. The van der Waals surface area contributed by atoms with E-state index >= 15 is 0 Å². The van der Waals surface area contributed by atoms with Crippen LogP contribution in [0.2, 0.25) is 0 Å². The molecule has 0 amide bonds. The van der Waals surface area contributed by atoms with Crippen LogP contribution in [0.5, 0.6) is 0 Å². The Labute approximate surface area is 70.1 Å². The standard InChI is InChI=1S/CN.Fe.NO.Na.H/c1-2;;1-2;;/q-1;+2;-1;+1;-1. The molecule has 0 unspecified atom stereocenters. The largest absolute Gasteiger partial charge is 2.00 e. The Morgan fingerprint density at radius 1 is 1.50 bits per heavy atom. The minimum Gasteiger partial charge on any atom is -1.00 e. The van der Waals surface area contributed by atoms with Crippen LogP contribution < -0.4 is 29.6 Å². The molecule has 0 radical (unpaired) electrons. The summed E-state index contributed by atoms with van der Waals surface area (Å²) in [6.07, 6.45) is 0. The minimum absolute atomic E-state index is 0. The summed E-state index contributed by atoms with van der Waals surface area (Å²) in [6.45, 7) is 4.75. The van der Waals surface area contributed by atoms with E-state index in [4.69, 9.17) is 22.3 Å². The number of nitroso groups, excluding NO2 is 1. The van der Waals surface area contributed by atoms with Gasteiger partial charge in [-0.2, -0.15) is 0 Å². The second kappa shape index (κ2) is 321. The second-order valence-electron chi connectivity index (χ2n) is 0. The third-order valence-electron chi connectivity index (χ3n) is 0. The van der Waals surface area contributed by atoms with Crippen molar-refractivity contribution >= 4 is 0 Å². The van der Waals surface area contributed by atoms with Gasteiger partial charge in [0.25, 0.3) is 0 Å². The van der Waals surface area contributed by atoms with Crippen molar-refractivity contribution in [1.82, 2.24) is 0 Å². The maximum Gasteiger partial charge on any atom is 2.00 e. The topological polar surface area (TPSA) is 63.2 Å². The van der Waals surface area contributed by atoms with Crippen molar-refractivity contribution < 1.29 is 48.1 Å². The van der Waals surface area contributed by atoms with E-state index in [-0.39, 0.29) is 48.1 Å². The summed E-state index contributed by atoms with van der Waals surface area (Å²) in [6, 6.07) is 0. The maximum absolute atomic E-state index is 7.25. The van der Waals surface area contributed by atoms with Crippen molar-refractivity contribution in [1.29, 1.82) is 5.26 Å². The SMILES string of the molecule is [C-]#N.[Fe+2].[H-].[N-]=O.[Na+]. The molecule has 0 aromatic rings. The molecule has 6 heavy (non-hydrogen) atoms. The van der Waals surface area contributed by atoms with E-state index in [0.717, 1.165) is 0 Å². The van der Waals surface area contributed by atoms with Gasteiger partial charge in [0.05, 0.1) is 0 Å². The molecule has 0 aliphatic rings. The molecule has 0 N–H and O–H groups in total. The molecule has 0 aliphatic carbocycles. The first-order valence-electron chi connectivity index (χ1n) is 0.406. The number of hydrogen-bond donors (Lipinski definition) is 0. The van der Waals surface area contributed by atoms with Crippen LogP contribution >= 0.6 is 0 Å². The average molecular weight is 136 g/mol. The zero-order chi connectivity index (χ0) is 4.00. The van der Waals surface area contributed by atoms with Gasteiger partial charge in [-0.15, -0.1) is 0 Å². The number of rotatable bonds is 0. The van der Waals surface area contributed by atoms with Gasteiger partial charge < -0.3 is 23.8 Å². The molecule has 0 heterocycles. The van der Waals surface area contributed by atoms with Crippen molar-refractivity contribution in [2.75, 3.05) is 0 Å². The molecule has 0 spiro atoms. The predicted molar refractivity (Wildman–Crippen MR) is 12.8 cm³/mol. The van der Waals surface area contributed by atoms with Crippen molar-refractivity contribution in [3.63, 3.8) is 0 Å². The van der Waals surface area contributed by atoms with Gasteiger partial charge in [0, 0.05) is 0 Å². The van der Waals surface area contributed by atoms with Crippen molar-refractivity contribution in [3.05, 3.63) is 17.1 Å². The van der Waals surface area contributed by atoms with E-state index in [2.05, 4.69) is 0 Å². The van der Waals surface area contributed by atoms with Gasteiger partial charge in [-0.25, -0.2) is 0 Å². The first-order chi connectivity index (χ1) is 2.00. The molecule has 0 fully saturated rings. The third kappa shape index (κ3) is 162. The quantitative estimate of drug-likeness (QED) is 0.273. The Kier molecular flexibility index (Phi) is 1630. The van der Waals surface area contributed by atoms with Crippen molar-refractivity contribution in [2.45, 2.75) is 0 Å². The number of hydrogen-bond acceptors (Lipinski definition) is 2. The van der Waals surface area contributed by atoms with Gasteiger partial charge in [0.2, 0.25) is 0 Å². The fourth-order valence-electron chi connectivity index (χ4n) is 0. The molecule has 0 aromatic heterocycles. The molecule has 30 valence electrons. The van der Waals surface area contributed by atoms with Crippen LogP contribution in [-0.2, 0) is 17.1 Å². The zero-order valence-corrected chi connectivity index (χ0v) is 6.26. The van der Waals surface area contributed by atoms with Gasteiger partial charge >= 0.3 is 46.6 Å². The molecule has 3 nitrogen and oxygen atoms in total. The Hall–Kier alpha value is 0.609. The van der Waals surface area contributed by atoms with Crippen molar-refractivity contribution in [3.8, 4) is 0 Å². The second-order valence-corrected chi connectivity index (χ2v) is 0. The molecule has 0 rings (SSSR count). The smallest absolute Gasteiger partial charge is 1.00 e. The average Bonchev–Trinajstić information content (AvgIpc) is 1.50. The minimum atomic E-state index is 0. The van der Waals surface area contributed by atoms with E-state index in [0.29, 0.717) is 0 Å². The Balaban J connectivity index is -0.00000000267. The molecule has 5 heteroatoms. The van der Waals surface area contributed by atoms with Gasteiger partial charge in [-0.1, -0.05) is 0 Å². The van der Waals surface area contributed by atoms with E-state index < -0.39 is 0 Å². The van der Waals surface area contributed by atoms with Crippen LogP contribution in [0.1, 0.15) is 1.43 Å².